The number of anilines is 2. The smallest absolute Gasteiger partial charge is 0.259 e. The SMILES string of the molecule is NC1=NCc2cc(NC(=O)[C@H](O)[C@H]3OCCN(c4cc(F)cc(C(=O)N5CCCC5)c4)C3=O)ccc21. The topological polar surface area (TPSA) is 138 Å². The van der Waals surface area contributed by atoms with Crippen LogP contribution >= 0.6 is 0 Å². The van der Waals surface area contributed by atoms with Gasteiger partial charge in [0.25, 0.3) is 17.7 Å². The number of carbonyl (C=O) groups is 3. The number of aliphatic hydroxyl groups is 1. The highest BCUT2D eigenvalue weighted by molar-refractivity contribution is 6.05. The number of hydrogen-bond donors (Lipinski definition) is 3. The Kier molecular flexibility index (Phi) is 6.42. The standard InChI is InChI=1S/C25H26FN5O5/c26-16-9-14(24(34)30-5-1-2-6-30)11-18(12-16)31-7-8-36-21(25(31)35)20(32)23(33)29-17-3-4-19-15(10-17)13-28-22(19)27/h3-4,9-12,20-21,32H,1-2,5-8,13H2,(H2,27,28)(H,29,33)/t20-,21-/m1/s1. The summed E-state index contributed by atoms with van der Waals surface area (Å²) in [7, 11) is 0. The lowest BCUT2D eigenvalue weighted by Gasteiger charge is -2.34. The molecule has 3 aliphatic rings. The van der Waals surface area contributed by atoms with Gasteiger partial charge in [-0.25, -0.2) is 4.39 Å². The number of likely N-dealkylation sites (tertiary alicyclic amines) is 1. The first-order valence-corrected chi connectivity index (χ1v) is 11.8. The molecular weight excluding hydrogens is 469 g/mol. The van der Waals surface area contributed by atoms with Crippen LogP contribution in [0.5, 0.6) is 0 Å². The maximum atomic E-state index is 14.4. The molecule has 0 radical (unpaired) electrons. The van der Waals surface area contributed by atoms with Crippen molar-refractivity contribution in [2.45, 2.75) is 31.6 Å². The van der Waals surface area contributed by atoms with Crippen LogP contribution in [0.15, 0.2) is 41.4 Å². The highest BCUT2D eigenvalue weighted by Crippen LogP contribution is 2.26. The monoisotopic (exact) mass is 495 g/mol. The van der Waals surface area contributed by atoms with E-state index in [2.05, 4.69) is 10.3 Å². The number of amides is 3. The van der Waals surface area contributed by atoms with Gasteiger partial charge in [-0.1, -0.05) is 0 Å². The second-order valence-electron chi connectivity index (χ2n) is 8.99. The lowest BCUT2D eigenvalue weighted by Crippen LogP contribution is -2.55. The van der Waals surface area contributed by atoms with Crippen molar-refractivity contribution in [2.75, 3.05) is 36.5 Å². The van der Waals surface area contributed by atoms with Gasteiger partial charge in [0.05, 0.1) is 13.2 Å². The van der Waals surface area contributed by atoms with Gasteiger partial charge in [0.1, 0.15) is 11.7 Å². The van der Waals surface area contributed by atoms with E-state index in [9.17, 15) is 23.9 Å². The van der Waals surface area contributed by atoms with Crippen molar-refractivity contribution in [2.24, 2.45) is 10.7 Å². The summed E-state index contributed by atoms with van der Waals surface area (Å²) in [6.07, 6.45) is -1.52. The summed E-state index contributed by atoms with van der Waals surface area (Å²) in [5, 5.41) is 13.2. The third kappa shape index (κ3) is 4.54. The van der Waals surface area contributed by atoms with Crippen molar-refractivity contribution >= 4 is 34.9 Å². The Labute approximate surface area is 206 Å². The van der Waals surface area contributed by atoms with E-state index >= 15 is 0 Å². The van der Waals surface area contributed by atoms with E-state index in [1.54, 1.807) is 23.1 Å². The number of nitrogens with two attached hydrogens (primary N) is 1. The van der Waals surface area contributed by atoms with Crippen LogP contribution < -0.4 is 16.0 Å². The fourth-order valence-corrected chi connectivity index (χ4v) is 4.71. The van der Waals surface area contributed by atoms with Gasteiger partial charge in [-0.2, -0.15) is 0 Å². The first-order chi connectivity index (χ1) is 17.3. The maximum Gasteiger partial charge on any atom is 0.259 e. The van der Waals surface area contributed by atoms with Crippen LogP contribution in [0.4, 0.5) is 15.8 Å². The summed E-state index contributed by atoms with van der Waals surface area (Å²) in [6.45, 7) is 1.70. The molecule has 2 aromatic carbocycles. The van der Waals surface area contributed by atoms with Crippen LogP contribution in [0.2, 0.25) is 0 Å². The van der Waals surface area contributed by atoms with Crippen LogP contribution in [0.3, 0.4) is 0 Å². The summed E-state index contributed by atoms with van der Waals surface area (Å²) in [6, 6.07) is 8.78. The third-order valence-corrected chi connectivity index (χ3v) is 6.58. The molecule has 3 heterocycles. The summed E-state index contributed by atoms with van der Waals surface area (Å²) in [4.78, 5) is 45.7. The van der Waals surface area contributed by atoms with Crippen LogP contribution in [-0.2, 0) is 20.9 Å². The molecule has 0 aliphatic carbocycles. The van der Waals surface area contributed by atoms with Crippen LogP contribution in [0, 0.1) is 5.82 Å². The van der Waals surface area contributed by atoms with E-state index in [1.165, 1.54) is 11.0 Å². The van der Waals surface area contributed by atoms with Crippen molar-refractivity contribution in [3.05, 3.63) is 58.9 Å². The van der Waals surface area contributed by atoms with E-state index in [0.29, 0.717) is 31.2 Å². The highest BCUT2D eigenvalue weighted by atomic mass is 19.1. The minimum absolute atomic E-state index is 0.0160. The average Bonchev–Trinajstić information content (AvgIpc) is 3.53. The first-order valence-electron chi connectivity index (χ1n) is 11.8. The largest absolute Gasteiger partial charge is 0.383 e. The quantitative estimate of drug-likeness (QED) is 0.566. The fraction of sp³-hybridized carbons (Fsp3) is 0.360. The molecule has 3 amide bonds. The zero-order chi connectivity index (χ0) is 25.4. The molecule has 2 fully saturated rings. The predicted molar refractivity (Wildman–Crippen MR) is 129 cm³/mol. The number of aliphatic imine (C=N–C) groups is 1. The van der Waals surface area contributed by atoms with Gasteiger partial charge in [-0.15, -0.1) is 0 Å². The molecule has 2 aromatic rings. The number of nitrogens with one attached hydrogen (secondary N) is 1. The molecule has 3 aliphatic heterocycles. The summed E-state index contributed by atoms with van der Waals surface area (Å²) >= 11 is 0. The highest BCUT2D eigenvalue weighted by Gasteiger charge is 2.40. The van der Waals surface area contributed by atoms with Gasteiger partial charge in [0, 0.05) is 42.1 Å². The van der Waals surface area contributed by atoms with E-state index in [-0.39, 0.29) is 30.3 Å². The molecule has 2 saturated heterocycles. The van der Waals surface area contributed by atoms with Crippen LogP contribution in [-0.4, -0.2) is 72.0 Å². The molecule has 0 spiro atoms. The number of amidine groups is 1. The Balaban J connectivity index is 1.30. The van der Waals surface area contributed by atoms with E-state index in [0.717, 1.165) is 36.1 Å². The van der Waals surface area contributed by atoms with Crippen molar-refractivity contribution in [3.8, 4) is 0 Å². The molecule has 10 nitrogen and oxygen atoms in total. The third-order valence-electron chi connectivity index (χ3n) is 6.58. The van der Waals surface area contributed by atoms with Gasteiger partial charge in [0.2, 0.25) is 0 Å². The molecule has 4 N–H and O–H groups in total. The second-order valence-corrected chi connectivity index (χ2v) is 8.99. The number of halogens is 1. The summed E-state index contributed by atoms with van der Waals surface area (Å²) in [5.74, 6) is -2.07. The summed E-state index contributed by atoms with van der Waals surface area (Å²) < 4.78 is 19.9. The zero-order valence-corrected chi connectivity index (χ0v) is 19.4. The minimum Gasteiger partial charge on any atom is -0.383 e. The Hall–Kier alpha value is -3.83. The van der Waals surface area contributed by atoms with Crippen molar-refractivity contribution in [1.29, 1.82) is 0 Å². The Bertz CT molecular complexity index is 1260. The molecule has 0 saturated carbocycles. The van der Waals surface area contributed by atoms with Crippen molar-refractivity contribution in [3.63, 3.8) is 0 Å². The zero-order valence-electron chi connectivity index (χ0n) is 19.4. The second kappa shape index (κ2) is 9.67. The lowest BCUT2D eigenvalue weighted by molar-refractivity contribution is -0.150. The number of carbonyl (C=O) groups excluding carboxylic acids is 3. The Morgan fingerprint density at radius 1 is 1.17 bits per heavy atom. The number of aliphatic hydroxyl groups excluding tert-OH is 1. The minimum atomic E-state index is -1.81. The molecule has 0 aromatic heterocycles. The van der Waals surface area contributed by atoms with Crippen molar-refractivity contribution < 1.29 is 28.6 Å². The fourth-order valence-electron chi connectivity index (χ4n) is 4.71. The summed E-state index contributed by atoms with van der Waals surface area (Å²) in [5.41, 5.74) is 8.15. The Morgan fingerprint density at radius 2 is 1.94 bits per heavy atom. The van der Waals surface area contributed by atoms with Gasteiger partial charge < -0.3 is 30.7 Å². The molecule has 2 atom stereocenters. The van der Waals surface area contributed by atoms with E-state index in [1.807, 2.05) is 0 Å². The number of morpholine rings is 1. The lowest BCUT2D eigenvalue weighted by atomic mass is 10.1. The average molecular weight is 496 g/mol. The van der Waals surface area contributed by atoms with E-state index in [4.69, 9.17) is 10.5 Å². The molecule has 188 valence electrons. The number of benzene rings is 2. The van der Waals surface area contributed by atoms with Crippen LogP contribution in [0.1, 0.15) is 34.3 Å². The number of fused-ring (bicyclic) bond motifs is 1. The maximum absolute atomic E-state index is 14.4. The van der Waals surface area contributed by atoms with Crippen LogP contribution in [0.25, 0.3) is 0 Å². The number of rotatable bonds is 5. The van der Waals surface area contributed by atoms with E-state index < -0.39 is 29.8 Å². The normalized spacial score (nSPS) is 20.2. The van der Waals surface area contributed by atoms with Crippen molar-refractivity contribution in [1.82, 2.24) is 4.90 Å². The molecule has 11 heteroatoms. The molecule has 0 unspecified atom stereocenters. The molecular formula is C25H26FN5O5. The number of nitrogens with zero attached hydrogens (tertiary/aromatic N) is 3. The van der Waals surface area contributed by atoms with Gasteiger partial charge >= 0.3 is 0 Å². The number of ether oxygens (including phenoxy) is 1. The predicted octanol–water partition coefficient (Wildman–Crippen LogP) is 1.01. The number of hydrogen-bond acceptors (Lipinski definition) is 7. The van der Waals surface area contributed by atoms with Gasteiger partial charge in [0.15, 0.2) is 12.2 Å². The first kappa shape index (κ1) is 23.9. The van der Waals surface area contributed by atoms with Gasteiger partial charge in [-0.3, -0.25) is 19.4 Å². The molecule has 36 heavy (non-hydrogen) atoms. The molecule has 5 rings (SSSR count). The Morgan fingerprint density at radius 3 is 2.72 bits per heavy atom. The van der Waals surface area contributed by atoms with Gasteiger partial charge in [-0.05, 0) is 54.8 Å². The molecule has 0 bridgehead atoms.